The summed E-state index contributed by atoms with van der Waals surface area (Å²) in [5, 5.41) is 2.45. The Balaban J connectivity index is 2.47. The van der Waals surface area contributed by atoms with Crippen molar-refractivity contribution in [1.29, 1.82) is 0 Å². The molecule has 0 unspecified atom stereocenters. The summed E-state index contributed by atoms with van der Waals surface area (Å²) in [5.74, 6) is 0.207. The number of thiocarbonyl (C=S) groups is 1. The Morgan fingerprint density at radius 3 is 2.67 bits per heavy atom. The Labute approximate surface area is 147 Å². The lowest BCUT2D eigenvalue weighted by molar-refractivity contribution is -0.126. The lowest BCUT2D eigenvalue weighted by atomic mass is 10.2. The second-order valence-electron chi connectivity index (χ2n) is 5.33. The summed E-state index contributed by atoms with van der Waals surface area (Å²) in [5.41, 5.74) is 5.16. The molecule has 0 aliphatic heterocycles. The maximum atomic E-state index is 12.1. The fourth-order valence-electron chi connectivity index (χ4n) is 1.55. The highest BCUT2D eigenvalue weighted by molar-refractivity contribution is 7.80. The molecule has 24 heavy (non-hydrogen) atoms. The van der Waals surface area contributed by atoms with Gasteiger partial charge in [-0.2, -0.15) is 0 Å². The van der Waals surface area contributed by atoms with E-state index < -0.39 is 11.8 Å². The molecule has 0 fully saturated rings. The molecule has 0 aliphatic rings. The molecule has 0 bridgehead atoms. The highest BCUT2D eigenvalue weighted by Crippen LogP contribution is 2.14. The Morgan fingerprint density at radius 2 is 2.00 bits per heavy atom. The smallest absolute Gasteiger partial charge is 0.264 e. The molecule has 3 N–H and O–H groups in total. The highest BCUT2D eigenvalue weighted by atomic mass is 32.1. The zero-order chi connectivity index (χ0) is 17.9. The fourth-order valence-corrected chi connectivity index (χ4v) is 1.70. The van der Waals surface area contributed by atoms with E-state index in [-0.39, 0.29) is 11.7 Å². The van der Waals surface area contributed by atoms with Gasteiger partial charge in [0.25, 0.3) is 11.8 Å². The number of rotatable bonds is 7. The number of benzene rings is 1. The average molecular weight is 353 g/mol. The standard InChI is InChI=1S/C16H23N3O4S/c1-4-22-10-14(20)18-19-16(24)17-15(21)12-6-5-7-13(8-12)23-9-11(2)3/h5-8,11H,4,9-10H2,1-3H3,(H,18,20)(H2,17,19,21,24). The second kappa shape index (κ2) is 10.6. The van der Waals surface area contributed by atoms with Gasteiger partial charge in [0.15, 0.2) is 5.11 Å². The summed E-state index contributed by atoms with van der Waals surface area (Å²) in [6.45, 7) is 6.78. The molecular formula is C16H23N3O4S. The van der Waals surface area contributed by atoms with Gasteiger partial charge in [-0.1, -0.05) is 19.9 Å². The van der Waals surface area contributed by atoms with Crippen molar-refractivity contribution in [1.82, 2.24) is 16.2 Å². The molecule has 1 rings (SSSR count). The van der Waals surface area contributed by atoms with Gasteiger partial charge in [0.05, 0.1) is 6.61 Å². The van der Waals surface area contributed by atoms with Gasteiger partial charge in [-0.05, 0) is 43.3 Å². The van der Waals surface area contributed by atoms with Crippen molar-refractivity contribution in [3.8, 4) is 5.75 Å². The van der Waals surface area contributed by atoms with Gasteiger partial charge in [0.2, 0.25) is 0 Å². The molecule has 0 saturated heterocycles. The first-order chi connectivity index (χ1) is 11.4. The third-order valence-corrected chi connectivity index (χ3v) is 2.86. The van der Waals surface area contributed by atoms with Crippen LogP contribution < -0.4 is 20.9 Å². The summed E-state index contributed by atoms with van der Waals surface area (Å²) < 4.78 is 10.5. The molecule has 0 atom stereocenters. The van der Waals surface area contributed by atoms with Crippen LogP contribution in [0.1, 0.15) is 31.1 Å². The molecule has 0 aromatic heterocycles. The number of hydrogen-bond acceptors (Lipinski definition) is 5. The van der Waals surface area contributed by atoms with Crippen LogP contribution in [0.2, 0.25) is 0 Å². The summed E-state index contributed by atoms with van der Waals surface area (Å²) >= 11 is 4.95. The third-order valence-electron chi connectivity index (χ3n) is 2.66. The quantitative estimate of drug-likeness (QED) is 0.507. The van der Waals surface area contributed by atoms with Crippen LogP contribution >= 0.6 is 12.2 Å². The number of nitrogens with one attached hydrogen (secondary N) is 3. The zero-order valence-corrected chi connectivity index (χ0v) is 14.9. The van der Waals surface area contributed by atoms with E-state index >= 15 is 0 Å². The molecule has 0 radical (unpaired) electrons. The first kappa shape index (κ1) is 19.9. The predicted octanol–water partition coefficient (Wildman–Crippen LogP) is 1.39. The van der Waals surface area contributed by atoms with E-state index in [2.05, 4.69) is 16.2 Å². The van der Waals surface area contributed by atoms with Crippen LogP contribution in [0.4, 0.5) is 0 Å². The van der Waals surface area contributed by atoms with Crippen molar-refractivity contribution < 1.29 is 19.1 Å². The van der Waals surface area contributed by atoms with Crippen molar-refractivity contribution in [3.05, 3.63) is 29.8 Å². The van der Waals surface area contributed by atoms with Crippen LogP contribution in [0.15, 0.2) is 24.3 Å². The van der Waals surface area contributed by atoms with Crippen LogP contribution in [0.25, 0.3) is 0 Å². The average Bonchev–Trinajstić information content (AvgIpc) is 2.56. The molecule has 1 aromatic carbocycles. The largest absolute Gasteiger partial charge is 0.493 e. The summed E-state index contributed by atoms with van der Waals surface area (Å²) in [7, 11) is 0. The minimum Gasteiger partial charge on any atom is -0.493 e. The predicted molar refractivity (Wildman–Crippen MR) is 94.6 cm³/mol. The molecule has 7 nitrogen and oxygen atoms in total. The number of ether oxygens (including phenoxy) is 2. The van der Waals surface area contributed by atoms with Gasteiger partial charge >= 0.3 is 0 Å². The van der Waals surface area contributed by atoms with Gasteiger partial charge in [0, 0.05) is 12.2 Å². The minimum atomic E-state index is -0.401. The topological polar surface area (TPSA) is 88.7 Å². The van der Waals surface area contributed by atoms with Crippen LogP contribution in [0.5, 0.6) is 5.75 Å². The monoisotopic (exact) mass is 353 g/mol. The maximum Gasteiger partial charge on any atom is 0.264 e. The number of carbonyl (C=O) groups is 2. The Kier molecular flexibility index (Phi) is 8.74. The molecule has 0 aliphatic carbocycles. The number of carbonyl (C=O) groups excluding carboxylic acids is 2. The zero-order valence-electron chi connectivity index (χ0n) is 14.0. The van der Waals surface area contributed by atoms with Crippen molar-refractivity contribution >= 4 is 29.1 Å². The van der Waals surface area contributed by atoms with Crippen molar-refractivity contribution in [2.45, 2.75) is 20.8 Å². The minimum absolute atomic E-state index is 0.0154. The van der Waals surface area contributed by atoms with E-state index in [4.69, 9.17) is 21.7 Å². The van der Waals surface area contributed by atoms with E-state index in [1.807, 2.05) is 13.8 Å². The van der Waals surface area contributed by atoms with Gasteiger partial charge in [-0.25, -0.2) is 0 Å². The second-order valence-corrected chi connectivity index (χ2v) is 5.73. The van der Waals surface area contributed by atoms with Gasteiger partial charge in [0.1, 0.15) is 12.4 Å². The third kappa shape index (κ3) is 7.89. The van der Waals surface area contributed by atoms with E-state index in [9.17, 15) is 9.59 Å². The highest BCUT2D eigenvalue weighted by Gasteiger charge is 2.10. The first-order valence-electron chi connectivity index (χ1n) is 7.63. The Hall–Kier alpha value is -2.19. The van der Waals surface area contributed by atoms with Crippen molar-refractivity contribution in [2.75, 3.05) is 19.8 Å². The van der Waals surface area contributed by atoms with Gasteiger partial charge in [-0.15, -0.1) is 0 Å². The van der Waals surface area contributed by atoms with Crippen LogP contribution in [0, 0.1) is 5.92 Å². The van der Waals surface area contributed by atoms with E-state index in [1.165, 1.54) is 0 Å². The van der Waals surface area contributed by atoms with Gasteiger partial charge in [-0.3, -0.25) is 25.8 Å². The molecular weight excluding hydrogens is 330 g/mol. The molecule has 1 aromatic rings. The summed E-state index contributed by atoms with van der Waals surface area (Å²) in [6.07, 6.45) is 0. The van der Waals surface area contributed by atoms with Crippen LogP contribution in [-0.4, -0.2) is 36.7 Å². The van der Waals surface area contributed by atoms with Gasteiger partial charge < -0.3 is 9.47 Å². The number of hydrazine groups is 1. The van der Waals surface area contributed by atoms with Crippen LogP contribution in [-0.2, 0) is 9.53 Å². The summed E-state index contributed by atoms with van der Waals surface area (Å²) in [6, 6.07) is 6.79. The molecule has 0 heterocycles. The van der Waals surface area contributed by atoms with E-state index in [0.717, 1.165) is 0 Å². The van der Waals surface area contributed by atoms with Crippen molar-refractivity contribution in [3.63, 3.8) is 0 Å². The molecule has 0 spiro atoms. The Morgan fingerprint density at radius 1 is 1.25 bits per heavy atom. The van der Waals surface area contributed by atoms with Crippen LogP contribution in [0.3, 0.4) is 0 Å². The molecule has 2 amide bonds. The first-order valence-corrected chi connectivity index (χ1v) is 8.04. The molecule has 132 valence electrons. The lowest BCUT2D eigenvalue weighted by Crippen LogP contribution is -2.49. The normalized spacial score (nSPS) is 10.2. The number of amides is 2. The summed E-state index contributed by atoms with van der Waals surface area (Å²) in [4.78, 5) is 23.5. The SMILES string of the molecule is CCOCC(=O)NNC(=S)NC(=O)c1cccc(OCC(C)C)c1. The maximum absolute atomic E-state index is 12.1. The van der Waals surface area contributed by atoms with E-state index in [0.29, 0.717) is 30.4 Å². The van der Waals surface area contributed by atoms with E-state index in [1.54, 1.807) is 31.2 Å². The fraction of sp³-hybridized carbons (Fsp3) is 0.438. The Bertz CT molecular complexity index is 578. The molecule has 0 saturated carbocycles. The molecule has 8 heteroatoms. The van der Waals surface area contributed by atoms with Crippen molar-refractivity contribution in [2.24, 2.45) is 5.92 Å². The lowest BCUT2D eigenvalue weighted by Gasteiger charge is -2.12. The number of hydrogen-bond donors (Lipinski definition) is 3.